The third-order valence-corrected chi connectivity index (χ3v) is 11.6. The summed E-state index contributed by atoms with van der Waals surface area (Å²) in [5.74, 6) is -2.29. The fourth-order valence-corrected chi connectivity index (χ4v) is 8.70. The summed E-state index contributed by atoms with van der Waals surface area (Å²) in [4.78, 5) is 35.5. The van der Waals surface area contributed by atoms with Crippen LogP contribution in [-0.2, 0) is 17.3 Å². The van der Waals surface area contributed by atoms with Gasteiger partial charge in [-0.15, -0.1) is 0 Å². The summed E-state index contributed by atoms with van der Waals surface area (Å²) in [5.41, 5.74) is 2.08. The molecule has 298 valence electrons. The quantitative estimate of drug-likeness (QED) is 0.177. The van der Waals surface area contributed by atoms with Gasteiger partial charge in [0.15, 0.2) is 6.17 Å². The summed E-state index contributed by atoms with van der Waals surface area (Å²) in [6.45, 7) is 8.95. The van der Waals surface area contributed by atoms with Gasteiger partial charge in [0.2, 0.25) is 5.92 Å². The summed E-state index contributed by atoms with van der Waals surface area (Å²) in [6.07, 6.45) is -0.219. The highest BCUT2D eigenvalue weighted by Gasteiger charge is 2.44. The van der Waals surface area contributed by atoms with Crippen LogP contribution in [0.25, 0.3) is 0 Å². The lowest BCUT2D eigenvalue weighted by molar-refractivity contribution is -0.137. The van der Waals surface area contributed by atoms with Gasteiger partial charge < -0.3 is 9.64 Å². The Morgan fingerprint density at radius 3 is 2.29 bits per heavy atom. The lowest BCUT2D eigenvalue weighted by atomic mass is 9.68. The number of hydrogen-bond donors (Lipinski definition) is 0. The van der Waals surface area contributed by atoms with E-state index in [9.17, 15) is 31.8 Å². The zero-order valence-electron chi connectivity index (χ0n) is 31.8. The van der Waals surface area contributed by atoms with Gasteiger partial charge >= 0.3 is 6.18 Å². The highest BCUT2D eigenvalue weighted by atomic mass is 19.4. The normalized spacial score (nSPS) is 26.1. The van der Waals surface area contributed by atoms with E-state index in [1.807, 2.05) is 26.8 Å². The molecule has 0 N–H and O–H groups in total. The summed E-state index contributed by atoms with van der Waals surface area (Å²) in [6, 6.07) is 2.57. The standard InChI is InChI=1S/C41H49F6N5O3/c1-24-6-5-7-30(55-23-25(2)50-53)22-48-38(24)52-18-14-28(15-19-52)37-35(36(42)27-8-10-29(11-9-27)41(45,46)47)33(26-12-16-40(43,44)17-13-26)34-31(49-37)20-39(3,4)21-32(34)51-54/h7-11,22,25-26,28,32,36H,5-6,12-21,23H2,1-4H3/b30-7+,38-24-,48-22-/t25-,32?,36?/m0/s1. The maximum absolute atomic E-state index is 17.5. The Morgan fingerprint density at radius 1 is 1.00 bits per heavy atom. The lowest BCUT2D eigenvalue weighted by Crippen LogP contribution is -2.35. The first-order valence-electron chi connectivity index (χ1n) is 19.2. The van der Waals surface area contributed by atoms with E-state index in [0.29, 0.717) is 73.5 Å². The first-order chi connectivity index (χ1) is 26.0. The number of allylic oxidation sites excluding steroid dienone is 3. The first-order valence-corrected chi connectivity index (χ1v) is 19.2. The molecule has 1 aromatic carbocycles. The van der Waals surface area contributed by atoms with Crippen LogP contribution in [0.4, 0.5) is 26.3 Å². The number of halogens is 6. The summed E-state index contributed by atoms with van der Waals surface area (Å²) in [7, 11) is 0. The van der Waals surface area contributed by atoms with Crippen molar-refractivity contribution in [3.8, 4) is 0 Å². The second-order valence-electron chi connectivity index (χ2n) is 16.5. The van der Waals surface area contributed by atoms with E-state index in [1.54, 1.807) is 13.1 Å². The minimum Gasteiger partial charge on any atom is -0.490 e. The number of nitrogens with zero attached hydrogens (tertiary/aromatic N) is 5. The van der Waals surface area contributed by atoms with Crippen LogP contribution < -0.4 is 0 Å². The number of hydrogen-bond acceptors (Lipinski definition) is 8. The Labute approximate surface area is 317 Å². The zero-order chi connectivity index (χ0) is 39.7. The predicted octanol–water partition coefficient (Wildman–Crippen LogP) is 11.6. The molecule has 1 aromatic heterocycles. The lowest BCUT2D eigenvalue weighted by Gasteiger charge is -2.41. The molecule has 4 aliphatic rings. The number of pyridine rings is 1. The molecule has 0 bridgehead atoms. The number of fused-ring (bicyclic) bond motifs is 1. The number of nitroso groups, excluding NO2 is 2. The van der Waals surface area contributed by atoms with Crippen molar-refractivity contribution in [3.63, 3.8) is 0 Å². The monoisotopic (exact) mass is 773 g/mol. The molecule has 3 atom stereocenters. The molecule has 2 aliphatic carbocycles. The highest BCUT2D eigenvalue weighted by molar-refractivity contribution is 5.77. The van der Waals surface area contributed by atoms with Crippen molar-refractivity contribution in [2.24, 2.45) is 20.8 Å². The van der Waals surface area contributed by atoms with Crippen molar-refractivity contribution in [1.82, 2.24) is 9.88 Å². The number of likely N-dealkylation sites (tertiary alicyclic amines) is 1. The third-order valence-electron chi connectivity index (χ3n) is 11.6. The molecule has 1 saturated heterocycles. The van der Waals surface area contributed by atoms with E-state index in [4.69, 9.17) is 14.7 Å². The van der Waals surface area contributed by atoms with Crippen LogP contribution in [0.2, 0.25) is 0 Å². The van der Waals surface area contributed by atoms with Crippen molar-refractivity contribution < 1.29 is 31.1 Å². The number of alkyl halides is 6. The summed E-state index contributed by atoms with van der Waals surface area (Å²) < 4.78 is 93.0. The maximum atomic E-state index is 17.5. The Balaban J connectivity index is 1.41. The van der Waals surface area contributed by atoms with Gasteiger partial charge in [-0.05, 0) is 111 Å². The molecule has 0 amide bonds. The van der Waals surface area contributed by atoms with E-state index >= 15 is 4.39 Å². The number of ether oxygens (including phenoxy) is 1. The average Bonchev–Trinajstić information content (AvgIpc) is 3.14. The van der Waals surface area contributed by atoms with Crippen LogP contribution in [0.1, 0.15) is 149 Å². The van der Waals surface area contributed by atoms with Crippen LogP contribution in [0, 0.1) is 15.2 Å². The Bertz CT molecular complexity index is 1820. The van der Waals surface area contributed by atoms with Gasteiger partial charge in [0.25, 0.3) is 0 Å². The maximum Gasteiger partial charge on any atom is 0.416 e. The highest BCUT2D eigenvalue weighted by Crippen LogP contribution is 2.53. The molecule has 55 heavy (non-hydrogen) atoms. The topological polar surface area (TPSA) is 96.6 Å². The number of aromatic nitrogens is 1. The minimum absolute atomic E-state index is 0.00314. The van der Waals surface area contributed by atoms with Crippen LogP contribution in [-0.4, -0.2) is 47.8 Å². The first kappa shape index (κ1) is 40.6. The number of benzene rings is 1. The Kier molecular flexibility index (Phi) is 11.9. The van der Waals surface area contributed by atoms with E-state index in [0.717, 1.165) is 42.1 Å². The van der Waals surface area contributed by atoms with E-state index in [1.165, 1.54) is 0 Å². The third kappa shape index (κ3) is 9.14. The largest absolute Gasteiger partial charge is 0.490 e. The fourth-order valence-electron chi connectivity index (χ4n) is 8.70. The van der Waals surface area contributed by atoms with Crippen molar-refractivity contribution in [3.05, 3.63) is 96.5 Å². The molecule has 0 radical (unpaired) electrons. The SMILES string of the molecule is C\C1=C(N2CCC(c3nc4c(c(C5CCC(F)(F)CC5)c3C(F)c3ccc(C(F)(F)F)cc3)C(N=O)CC(C)(C)C4)CC2)/N=C\C(OC[C@H](C)N=O)=C/CC1. The van der Waals surface area contributed by atoms with Gasteiger partial charge in [-0.3, -0.25) is 4.98 Å². The predicted molar refractivity (Wildman–Crippen MR) is 199 cm³/mol. The van der Waals surface area contributed by atoms with Gasteiger partial charge in [-0.1, -0.05) is 36.3 Å². The Hall–Kier alpha value is -4.10. The number of piperidine rings is 1. The summed E-state index contributed by atoms with van der Waals surface area (Å²) >= 11 is 0. The molecule has 1 saturated carbocycles. The average molecular weight is 774 g/mol. The molecule has 2 fully saturated rings. The second kappa shape index (κ2) is 16.2. The number of rotatable bonds is 10. The van der Waals surface area contributed by atoms with Gasteiger partial charge in [-0.25, -0.2) is 18.2 Å². The zero-order valence-corrected chi connectivity index (χ0v) is 31.8. The van der Waals surface area contributed by atoms with E-state index < -0.39 is 54.7 Å². The van der Waals surface area contributed by atoms with Crippen LogP contribution in [0.3, 0.4) is 0 Å². The van der Waals surface area contributed by atoms with E-state index in [-0.39, 0.29) is 41.9 Å². The van der Waals surface area contributed by atoms with Crippen molar-refractivity contribution in [1.29, 1.82) is 0 Å². The van der Waals surface area contributed by atoms with Crippen molar-refractivity contribution in [2.45, 2.75) is 134 Å². The van der Waals surface area contributed by atoms with Crippen molar-refractivity contribution >= 4 is 6.21 Å². The van der Waals surface area contributed by atoms with Crippen LogP contribution in [0.15, 0.2) is 62.8 Å². The van der Waals surface area contributed by atoms with Gasteiger partial charge in [-0.2, -0.15) is 23.0 Å². The Morgan fingerprint density at radius 2 is 1.67 bits per heavy atom. The van der Waals surface area contributed by atoms with Crippen molar-refractivity contribution in [2.75, 3.05) is 19.7 Å². The molecule has 2 aliphatic heterocycles. The molecule has 3 heterocycles. The van der Waals surface area contributed by atoms with E-state index in [2.05, 4.69) is 15.3 Å². The molecule has 0 spiro atoms. The second-order valence-corrected chi connectivity index (χ2v) is 16.5. The van der Waals surface area contributed by atoms with Gasteiger partial charge in [0.1, 0.15) is 30.3 Å². The minimum atomic E-state index is -4.61. The molecule has 2 unspecified atom stereocenters. The number of aliphatic imine (C=N–C) groups is 1. The molecule has 8 nitrogen and oxygen atoms in total. The van der Waals surface area contributed by atoms with Gasteiger partial charge in [0.05, 0.1) is 17.5 Å². The van der Waals surface area contributed by atoms with Crippen LogP contribution in [0.5, 0.6) is 0 Å². The molecule has 2 aromatic rings. The summed E-state index contributed by atoms with van der Waals surface area (Å²) in [5, 5.41) is 6.48. The smallest absolute Gasteiger partial charge is 0.416 e. The van der Waals surface area contributed by atoms with Gasteiger partial charge in [0, 0.05) is 48.7 Å². The molecular formula is C41H49F6N5O3. The fraction of sp³-hybridized carbons (Fsp3) is 0.610. The molecule has 14 heteroatoms. The molecular weight excluding hydrogens is 724 g/mol. The van der Waals surface area contributed by atoms with Crippen LogP contribution >= 0.6 is 0 Å². The molecule has 6 rings (SSSR count).